The van der Waals surface area contributed by atoms with E-state index in [1.54, 1.807) is 0 Å². The Morgan fingerprint density at radius 2 is 1.13 bits per heavy atom. The topological polar surface area (TPSA) is 37.7 Å². The number of fused-ring (bicyclic) bond motifs is 19. The Kier molecular flexibility index (Phi) is 8.81. The van der Waals surface area contributed by atoms with Gasteiger partial charge in [0.2, 0.25) is 0 Å². The van der Waals surface area contributed by atoms with Gasteiger partial charge in [0.1, 0.15) is 22.3 Å². The first-order valence-electron chi connectivity index (χ1n) is 27.3. The Bertz CT molecular complexity index is 4640. The highest BCUT2D eigenvalue weighted by Gasteiger charge is 2.48. The molecule has 0 radical (unpaired) electrons. The van der Waals surface area contributed by atoms with Crippen LogP contribution in [0.5, 0.6) is 0 Å². The van der Waals surface area contributed by atoms with E-state index < -0.39 is 0 Å². The molecule has 10 aromatic carbocycles. The predicted octanol–water partition coefficient (Wildman–Crippen LogP) is 18.2. The molecule has 5 nitrogen and oxygen atoms in total. The van der Waals surface area contributed by atoms with Crippen molar-refractivity contribution in [3.05, 3.63) is 216 Å². The zero-order chi connectivity index (χ0) is 52.0. The Morgan fingerprint density at radius 3 is 1.87 bits per heavy atom. The number of nitrogens with zero attached hydrogens (tertiary/aromatic N) is 3. The third kappa shape index (κ3) is 6.07. The average Bonchev–Trinajstić information content (AvgIpc) is 3.63. The van der Waals surface area contributed by atoms with E-state index in [4.69, 9.17) is 8.83 Å². The summed E-state index contributed by atoms with van der Waals surface area (Å²) in [6.45, 7) is 18.5. The van der Waals surface area contributed by atoms with E-state index in [0.29, 0.717) is 0 Å². The van der Waals surface area contributed by atoms with Gasteiger partial charge in [-0.15, -0.1) is 0 Å². The molecule has 0 saturated carbocycles. The summed E-state index contributed by atoms with van der Waals surface area (Å²) in [6, 6.07) is 72.2. The molecule has 0 unspecified atom stereocenters. The molecule has 0 spiro atoms. The molecule has 16 rings (SSSR count). The lowest BCUT2D eigenvalue weighted by Crippen LogP contribution is -2.60. The highest BCUT2D eigenvalue weighted by atomic mass is 16.3. The van der Waals surface area contributed by atoms with Crippen LogP contribution in [0.25, 0.3) is 93.6 Å². The SMILES string of the molecule is CC(C)(C)c1ccc(N2B3c4cc5c(cc4-n4c6ccc(C(C)(C)C)cc6c6c7c(oc8ccccc87)c(c3c64)-c3cc4c(cc32)oc2ccc(N(c3ccccc3)c3ccccc3)cc24)-c2ccccc2C5(C)C)cc1. The quantitative estimate of drug-likeness (QED) is 0.165. The minimum Gasteiger partial charge on any atom is -0.456 e. The molecule has 0 bridgehead atoms. The molecule has 0 N–H and O–H groups in total. The van der Waals surface area contributed by atoms with Gasteiger partial charge in [0.05, 0.1) is 11.0 Å². The maximum Gasteiger partial charge on any atom is 0.333 e. The molecule has 0 saturated heterocycles. The van der Waals surface area contributed by atoms with E-state index >= 15 is 0 Å². The van der Waals surface area contributed by atoms with Gasteiger partial charge in [0.15, 0.2) is 0 Å². The van der Waals surface area contributed by atoms with E-state index in [1.165, 1.54) is 71.8 Å². The van der Waals surface area contributed by atoms with Crippen LogP contribution in [0.3, 0.4) is 0 Å². The molecule has 13 aromatic rings. The molecule has 6 heteroatoms. The van der Waals surface area contributed by atoms with Crippen molar-refractivity contribution in [3.63, 3.8) is 0 Å². The van der Waals surface area contributed by atoms with Gasteiger partial charge in [-0.2, -0.15) is 0 Å². The fourth-order valence-electron chi connectivity index (χ4n) is 13.8. The third-order valence-corrected chi connectivity index (χ3v) is 17.6. The van der Waals surface area contributed by atoms with Crippen molar-refractivity contribution < 1.29 is 8.83 Å². The van der Waals surface area contributed by atoms with Gasteiger partial charge in [-0.05, 0) is 140 Å². The van der Waals surface area contributed by atoms with Crippen molar-refractivity contribution in [2.45, 2.75) is 71.6 Å². The highest BCUT2D eigenvalue weighted by molar-refractivity contribution is 6.94. The summed E-state index contributed by atoms with van der Waals surface area (Å²) in [7, 11) is 0. The van der Waals surface area contributed by atoms with Crippen LogP contribution in [0.4, 0.5) is 28.4 Å². The number of anilines is 5. The molecule has 2 aliphatic heterocycles. The molecule has 77 heavy (non-hydrogen) atoms. The first-order valence-corrected chi connectivity index (χ1v) is 27.3. The van der Waals surface area contributed by atoms with Crippen molar-refractivity contribution in [1.82, 2.24) is 4.57 Å². The van der Waals surface area contributed by atoms with Crippen LogP contribution in [-0.4, -0.2) is 11.4 Å². The largest absolute Gasteiger partial charge is 0.456 e. The normalized spacial score (nSPS) is 14.3. The highest BCUT2D eigenvalue weighted by Crippen LogP contribution is 2.55. The average molecular weight is 994 g/mol. The van der Waals surface area contributed by atoms with Crippen LogP contribution in [-0.2, 0) is 16.2 Å². The summed E-state index contributed by atoms with van der Waals surface area (Å²) in [5, 5.41) is 6.90. The smallest absolute Gasteiger partial charge is 0.333 e. The zero-order valence-corrected chi connectivity index (χ0v) is 44.7. The van der Waals surface area contributed by atoms with E-state index in [0.717, 1.165) is 83.4 Å². The lowest BCUT2D eigenvalue weighted by Gasteiger charge is -2.42. The van der Waals surface area contributed by atoms with Crippen molar-refractivity contribution in [2.75, 3.05) is 9.71 Å². The summed E-state index contributed by atoms with van der Waals surface area (Å²) >= 11 is 0. The van der Waals surface area contributed by atoms with Crippen LogP contribution >= 0.6 is 0 Å². The standard InChI is InChI=1S/C71H56BN3O2/c1-69(2,3)41-27-30-45(31-28-41)75-58-40-62-51(50-36-46(32-34-61(50)76-62)73(43-19-11-9-12-20-43)44-21-13-10-14-22-44)37-53(58)65-66-67-63(64-48-24-16-18-26-60(48)77-68(64)65)52-35-42(70(4,5)6)29-33-57(52)74(67)59-38-49-47-23-15-17-25-54(47)71(7,8)55(49)39-56(59)72(66)75/h9-40H,1-8H3. The number of para-hydroxylation sites is 3. The van der Waals surface area contributed by atoms with Crippen molar-refractivity contribution in [1.29, 1.82) is 0 Å². The Hall–Kier alpha value is -8.74. The summed E-state index contributed by atoms with van der Waals surface area (Å²) in [5.41, 5.74) is 25.0. The summed E-state index contributed by atoms with van der Waals surface area (Å²) < 4.78 is 17.2. The van der Waals surface area contributed by atoms with Crippen LogP contribution in [0.2, 0.25) is 0 Å². The first-order chi connectivity index (χ1) is 37.2. The van der Waals surface area contributed by atoms with Gasteiger partial charge in [0.25, 0.3) is 0 Å². The van der Waals surface area contributed by atoms with Crippen LogP contribution in [0.15, 0.2) is 203 Å². The van der Waals surface area contributed by atoms with Crippen LogP contribution in [0, 0.1) is 0 Å². The van der Waals surface area contributed by atoms with Crippen molar-refractivity contribution >= 4 is 112 Å². The summed E-state index contributed by atoms with van der Waals surface area (Å²) in [4.78, 5) is 4.98. The third-order valence-electron chi connectivity index (χ3n) is 17.6. The molecular weight excluding hydrogens is 938 g/mol. The number of rotatable bonds is 4. The molecule has 1 aliphatic carbocycles. The van der Waals surface area contributed by atoms with Gasteiger partial charge in [-0.3, -0.25) is 0 Å². The van der Waals surface area contributed by atoms with Crippen LogP contribution < -0.4 is 20.6 Å². The maximum absolute atomic E-state index is 7.45. The van der Waals surface area contributed by atoms with E-state index in [2.05, 4.69) is 264 Å². The Morgan fingerprint density at radius 1 is 0.468 bits per heavy atom. The molecular formula is C71H56BN3O2. The second kappa shape index (κ2) is 15.2. The van der Waals surface area contributed by atoms with Crippen molar-refractivity contribution in [2.24, 2.45) is 0 Å². The van der Waals surface area contributed by atoms with Gasteiger partial charge in [0, 0.05) is 89.0 Å². The van der Waals surface area contributed by atoms with Gasteiger partial charge >= 0.3 is 6.85 Å². The molecule has 370 valence electrons. The Labute approximate surface area is 448 Å². The summed E-state index contributed by atoms with van der Waals surface area (Å²) in [5.74, 6) is 0. The fourth-order valence-corrected chi connectivity index (χ4v) is 13.8. The number of hydrogen-bond acceptors (Lipinski definition) is 4. The molecule has 5 heterocycles. The first kappa shape index (κ1) is 44.6. The second-order valence-electron chi connectivity index (χ2n) is 24.5. The van der Waals surface area contributed by atoms with Gasteiger partial charge < -0.3 is 23.1 Å². The number of benzene rings is 10. The van der Waals surface area contributed by atoms with E-state index in [-0.39, 0.29) is 23.1 Å². The maximum atomic E-state index is 7.45. The van der Waals surface area contributed by atoms with E-state index in [9.17, 15) is 0 Å². The molecule has 3 aromatic heterocycles. The molecule has 0 atom stereocenters. The minimum atomic E-state index is -0.240. The molecule has 0 amide bonds. The minimum absolute atomic E-state index is 0.0225. The molecule has 0 fully saturated rings. The zero-order valence-electron chi connectivity index (χ0n) is 44.7. The number of furan rings is 2. The monoisotopic (exact) mass is 993 g/mol. The predicted molar refractivity (Wildman–Crippen MR) is 324 cm³/mol. The number of aromatic nitrogens is 1. The van der Waals surface area contributed by atoms with Crippen molar-refractivity contribution in [3.8, 4) is 27.9 Å². The van der Waals surface area contributed by atoms with Crippen LogP contribution in [0.1, 0.15) is 77.6 Å². The second-order valence-corrected chi connectivity index (χ2v) is 24.5. The summed E-state index contributed by atoms with van der Waals surface area (Å²) in [6.07, 6.45) is 0. The molecule has 3 aliphatic rings. The fraction of sp³-hybridized carbons (Fsp3) is 0.155. The number of hydrogen-bond donors (Lipinski definition) is 0. The Balaban J connectivity index is 1.08. The van der Waals surface area contributed by atoms with Gasteiger partial charge in [-0.25, -0.2) is 0 Å². The van der Waals surface area contributed by atoms with Gasteiger partial charge in [-0.1, -0.05) is 159 Å². The lowest BCUT2D eigenvalue weighted by atomic mass is 9.43. The van der Waals surface area contributed by atoms with E-state index in [1.807, 2.05) is 0 Å². The lowest BCUT2D eigenvalue weighted by molar-refractivity contribution is 0.590.